The van der Waals surface area contributed by atoms with E-state index in [-0.39, 0.29) is 5.97 Å². The van der Waals surface area contributed by atoms with E-state index in [0.29, 0.717) is 24.5 Å². The van der Waals surface area contributed by atoms with Gasteiger partial charge in [0.2, 0.25) is 0 Å². The van der Waals surface area contributed by atoms with Crippen molar-refractivity contribution >= 4 is 16.8 Å². The molecule has 15 heavy (non-hydrogen) atoms. The lowest BCUT2D eigenvalue weighted by Gasteiger charge is -2.06. The van der Waals surface area contributed by atoms with Crippen LogP contribution in [0.25, 0.3) is 0 Å². The summed E-state index contributed by atoms with van der Waals surface area (Å²) >= 11 is 0. The zero-order valence-electron chi connectivity index (χ0n) is 9.38. The van der Waals surface area contributed by atoms with Crippen LogP contribution in [0.1, 0.15) is 13.3 Å². The Bertz CT molecular complexity index is 241. The van der Waals surface area contributed by atoms with E-state index >= 15 is 0 Å². The third kappa shape index (κ3) is 8.32. The highest BCUT2D eigenvalue weighted by Gasteiger charge is 2.06. The van der Waals surface area contributed by atoms with Crippen LogP contribution in [0.15, 0.2) is 12.2 Å². The van der Waals surface area contributed by atoms with Gasteiger partial charge in [-0.25, -0.2) is 4.79 Å². The average molecular weight is 233 g/mol. The van der Waals surface area contributed by atoms with Crippen LogP contribution in [0, 0.1) is 0 Å². The van der Waals surface area contributed by atoms with E-state index in [2.05, 4.69) is 11.9 Å². The zero-order chi connectivity index (χ0) is 11.7. The van der Waals surface area contributed by atoms with E-state index in [1.165, 1.54) is 0 Å². The molecule has 0 aliphatic rings. The minimum atomic E-state index is -0.746. The summed E-state index contributed by atoms with van der Waals surface area (Å²) in [5.41, 5.74) is 0.425. The lowest BCUT2D eigenvalue weighted by molar-refractivity contribution is -0.138. The third-order valence-electron chi connectivity index (χ3n) is 1.69. The minimum Gasteiger partial charge on any atom is -0.463 e. The van der Waals surface area contributed by atoms with Crippen LogP contribution in [0.3, 0.4) is 0 Å². The first-order valence-corrected chi connectivity index (χ1v) is 6.66. The van der Waals surface area contributed by atoms with Crippen molar-refractivity contribution < 1.29 is 13.7 Å². The molecule has 1 N–H and O–H groups in total. The predicted molar refractivity (Wildman–Crippen MR) is 62.2 cm³/mol. The van der Waals surface area contributed by atoms with Gasteiger partial charge in [-0.3, -0.25) is 4.21 Å². The van der Waals surface area contributed by atoms with Gasteiger partial charge in [0.25, 0.3) is 0 Å². The van der Waals surface area contributed by atoms with Crippen LogP contribution in [-0.4, -0.2) is 41.9 Å². The largest absolute Gasteiger partial charge is 0.463 e. The maximum Gasteiger partial charge on any atom is 0.334 e. The van der Waals surface area contributed by atoms with E-state index in [1.54, 1.807) is 13.2 Å². The molecule has 0 saturated heterocycles. The van der Waals surface area contributed by atoms with E-state index < -0.39 is 10.8 Å². The van der Waals surface area contributed by atoms with Crippen LogP contribution in [-0.2, 0) is 20.3 Å². The molecule has 0 aromatic rings. The molecule has 0 aliphatic carbocycles. The fourth-order valence-electron chi connectivity index (χ4n) is 0.945. The second kappa shape index (κ2) is 8.61. The molecule has 0 aliphatic heterocycles. The number of carbonyl (C=O) groups is 1. The SMILES string of the molecule is C=C(CNCCCS(C)=O)C(=O)OCC. The number of ether oxygens (including phenoxy) is 1. The van der Waals surface area contributed by atoms with Gasteiger partial charge in [0.05, 0.1) is 6.61 Å². The van der Waals surface area contributed by atoms with Gasteiger partial charge in [-0.05, 0) is 19.9 Å². The quantitative estimate of drug-likeness (QED) is 0.376. The number of esters is 1. The molecule has 0 aromatic carbocycles. The number of hydrogen-bond donors (Lipinski definition) is 1. The third-order valence-corrected chi connectivity index (χ3v) is 2.55. The van der Waals surface area contributed by atoms with Crippen molar-refractivity contribution in [1.82, 2.24) is 5.32 Å². The van der Waals surface area contributed by atoms with Crippen LogP contribution in [0.5, 0.6) is 0 Å². The lowest BCUT2D eigenvalue weighted by Crippen LogP contribution is -2.23. The van der Waals surface area contributed by atoms with E-state index in [4.69, 9.17) is 4.74 Å². The standard InChI is InChI=1S/C10H19NO3S/c1-4-14-10(12)9(2)8-11-6-5-7-15(3)13/h11H,2,4-8H2,1,3H3. The molecular weight excluding hydrogens is 214 g/mol. The Balaban J connectivity index is 3.47. The Morgan fingerprint density at radius 1 is 1.53 bits per heavy atom. The number of carbonyl (C=O) groups excluding carboxylic acids is 1. The Hall–Kier alpha value is -0.680. The van der Waals surface area contributed by atoms with Crippen molar-refractivity contribution in [2.24, 2.45) is 0 Å². The molecule has 0 spiro atoms. The van der Waals surface area contributed by atoms with Crippen molar-refractivity contribution in [2.75, 3.05) is 31.7 Å². The highest BCUT2D eigenvalue weighted by Crippen LogP contribution is 1.92. The molecule has 0 heterocycles. The molecule has 1 atom stereocenters. The second-order valence-corrected chi connectivity index (χ2v) is 4.69. The maximum atomic E-state index is 11.1. The molecule has 88 valence electrons. The molecule has 5 heteroatoms. The van der Waals surface area contributed by atoms with Gasteiger partial charge in [0, 0.05) is 34.9 Å². The molecule has 4 nitrogen and oxygen atoms in total. The van der Waals surface area contributed by atoms with Gasteiger partial charge in [0.15, 0.2) is 0 Å². The van der Waals surface area contributed by atoms with Crippen LogP contribution in [0.4, 0.5) is 0 Å². The van der Waals surface area contributed by atoms with Gasteiger partial charge in [-0.1, -0.05) is 6.58 Å². The van der Waals surface area contributed by atoms with Crippen LogP contribution < -0.4 is 5.32 Å². The number of rotatable bonds is 8. The van der Waals surface area contributed by atoms with Crippen molar-refractivity contribution in [3.05, 3.63) is 12.2 Å². The topological polar surface area (TPSA) is 55.4 Å². The second-order valence-electron chi connectivity index (χ2n) is 3.13. The van der Waals surface area contributed by atoms with Gasteiger partial charge >= 0.3 is 5.97 Å². The molecule has 0 saturated carbocycles. The van der Waals surface area contributed by atoms with Crippen LogP contribution in [0.2, 0.25) is 0 Å². The summed E-state index contributed by atoms with van der Waals surface area (Å²) in [5.74, 6) is 0.322. The lowest BCUT2D eigenvalue weighted by atomic mass is 10.3. The fourth-order valence-corrected chi connectivity index (χ4v) is 1.50. The average Bonchev–Trinajstić information content (AvgIpc) is 2.16. The smallest absolute Gasteiger partial charge is 0.334 e. The summed E-state index contributed by atoms with van der Waals surface area (Å²) in [6.45, 7) is 6.90. The van der Waals surface area contributed by atoms with Crippen molar-refractivity contribution in [3.63, 3.8) is 0 Å². The molecule has 1 unspecified atom stereocenters. The normalized spacial score (nSPS) is 12.1. The summed E-state index contributed by atoms with van der Waals surface area (Å²) < 4.78 is 15.5. The Morgan fingerprint density at radius 2 is 2.20 bits per heavy atom. The van der Waals surface area contributed by atoms with Crippen molar-refractivity contribution in [1.29, 1.82) is 0 Å². The summed E-state index contributed by atoms with van der Waals surface area (Å²) in [5, 5.41) is 3.05. The van der Waals surface area contributed by atoms with Gasteiger partial charge < -0.3 is 10.1 Å². The molecule has 0 rings (SSSR count). The highest BCUT2D eigenvalue weighted by molar-refractivity contribution is 7.84. The van der Waals surface area contributed by atoms with Crippen molar-refractivity contribution in [2.45, 2.75) is 13.3 Å². The van der Waals surface area contributed by atoms with Gasteiger partial charge in [-0.2, -0.15) is 0 Å². The fraction of sp³-hybridized carbons (Fsp3) is 0.700. The zero-order valence-corrected chi connectivity index (χ0v) is 10.2. The highest BCUT2D eigenvalue weighted by atomic mass is 32.2. The first kappa shape index (κ1) is 14.3. The molecule has 0 radical (unpaired) electrons. The Morgan fingerprint density at radius 3 is 2.73 bits per heavy atom. The molecule has 0 amide bonds. The molecule has 0 fully saturated rings. The summed E-state index contributed by atoms with van der Waals surface area (Å²) in [7, 11) is -0.746. The summed E-state index contributed by atoms with van der Waals surface area (Å²) in [6.07, 6.45) is 2.51. The predicted octanol–water partition coefficient (Wildman–Crippen LogP) is 0.464. The van der Waals surface area contributed by atoms with E-state index in [1.807, 2.05) is 0 Å². The minimum absolute atomic E-state index is 0.357. The van der Waals surface area contributed by atoms with Crippen molar-refractivity contribution in [3.8, 4) is 0 Å². The monoisotopic (exact) mass is 233 g/mol. The first-order chi connectivity index (χ1) is 7.07. The summed E-state index contributed by atoms with van der Waals surface area (Å²) in [4.78, 5) is 11.1. The van der Waals surface area contributed by atoms with Gasteiger partial charge in [0.1, 0.15) is 0 Å². The number of hydrogen-bond acceptors (Lipinski definition) is 4. The molecule has 0 aromatic heterocycles. The molecular formula is C10H19NO3S. The Labute approximate surface area is 93.5 Å². The van der Waals surface area contributed by atoms with E-state index in [0.717, 1.165) is 13.0 Å². The summed E-state index contributed by atoms with van der Waals surface area (Å²) in [6, 6.07) is 0. The number of nitrogens with one attached hydrogen (secondary N) is 1. The van der Waals surface area contributed by atoms with E-state index in [9.17, 15) is 9.00 Å². The molecule has 0 bridgehead atoms. The Kier molecular flexibility index (Phi) is 8.22. The van der Waals surface area contributed by atoms with Gasteiger partial charge in [-0.15, -0.1) is 0 Å². The maximum absolute atomic E-state index is 11.1. The first-order valence-electron chi connectivity index (χ1n) is 4.93. The van der Waals surface area contributed by atoms with Crippen LogP contribution >= 0.6 is 0 Å².